The fourth-order valence-corrected chi connectivity index (χ4v) is 1.75. The number of rotatable bonds is 1. The Labute approximate surface area is 98.2 Å². The molecule has 0 unspecified atom stereocenters. The van der Waals surface area contributed by atoms with Crippen LogP contribution in [0.15, 0.2) is 48.9 Å². The second kappa shape index (κ2) is 3.83. The Bertz CT molecular complexity index is 665. The van der Waals surface area contributed by atoms with E-state index in [1.54, 1.807) is 6.20 Å². The number of pyridine rings is 1. The fraction of sp³-hybridized carbons (Fsp3) is 0. The van der Waals surface area contributed by atoms with Gasteiger partial charge in [0.2, 0.25) is 0 Å². The summed E-state index contributed by atoms with van der Waals surface area (Å²) in [5.74, 6) is 0.459. The lowest BCUT2D eigenvalue weighted by atomic mass is 10.1. The van der Waals surface area contributed by atoms with Gasteiger partial charge in [0.15, 0.2) is 5.65 Å². The van der Waals surface area contributed by atoms with E-state index < -0.39 is 0 Å². The van der Waals surface area contributed by atoms with Gasteiger partial charge in [0, 0.05) is 11.8 Å². The Balaban J connectivity index is 2.23. The van der Waals surface area contributed by atoms with Crippen LogP contribution in [0.5, 0.6) is 0 Å². The zero-order valence-corrected chi connectivity index (χ0v) is 9.04. The van der Waals surface area contributed by atoms with Crippen LogP contribution in [-0.4, -0.2) is 15.0 Å². The summed E-state index contributed by atoms with van der Waals surface area (Å²) < 4.78 is 0. The number of anilines is 1. The van der Waals surface area contributed by atoms with Crippen LogP contribution in [-0.2, 0) is 0 Å². The van der Waals surface area contributed by atoms with Gasteiger partial charge in [-0.25, -0.2) is 15.0 Å². The summed E-state index contributed by atoms with van der Waals surface area (Å²) in [4.78, 5) is 12.3. The van der Waals surface area contributed by atoms with Crippen LogP contribution in [0, 0.1) is 0 Å². The summed E-state index contributed by atoms with van der Waals surface area (Å²) in [5.41, 5.74) is 8.55. The molecule has 0 aliphatic heterocycles. The van der Waals surface area contributed by atoms with Gasteiger partial charge in [-0.3, -0.25) is 0 Å². The van der Waals surface area contributed by atoms with Crippen molar-refractivity contribution >= 4 is 16.9 Å². The molecule has 0 atom stereocenters. The summed E-state index contributed by atoms with van der Waals surface area (Å²) in [5, 5.41) is 0.786. The molecule has 3 aromatic rings. The molecule has 0 amide bonds. The normalized spacial score (nSPS) is 10.6. The fourth-order valence-electron chi connectivity index (χ4n) is 1.75. The minimum Gasteiger partial charge on any atom is -0.383 e. The van der Waals surface area contributed by atoms with Gasteiger partial charge < -0.3 is 5.73 Å². The average Bonchev–Trinajstić information content (AvgIpc) is 2.40. The van der Waals surface area contributed by atoms with E-state index >= 15 is 0 Å². The molecule has 82 valence electrons. The first-order valence-corrected chi connectivity index (χ1v) is 5.26. The Hall–Kier alpha value is -2.49. The van der Waals surface area contributed by atoms with Gasteiger partial charge in [0.25, 0.3) is 0 Å². The van der Waals surface area contributed by atoms with E-state index in [0.29, 0.717) is 11.5 Å². The number of hydrogen-bond donors (Lipinski definition) is 1. The summed E-state index contributed by atoms with van der Waals surface area (Å²) in [7, 11) is 0. The van der Waals surface area contributed by atoms with Gasteiger partial charge in [0.1, 0.15) is 12.1 Å². The van der Waals surface area contributed by atoms with Crippen LogP contribution in [0.3, 0.4) is 0 Å². The van der Waals surface area contributed by atoms with Crippen LogP contribution in [0.1, 0.15) is 0 Å². The molecule has 4 nitrogen and oxygen atoms in total. The molecule has 2 aromatic heterocycles. The number of fused-ring (bicyclic) bond motifs is 1. The maximum Gasteiger partial charge on any atom is 0.164 e. The van der Waals surface area contributed by atoms with Crippen molar-refractivity contribution in [2.24, 2.45) is 0 Å². The third kappa shape index (κ3) is 1.69. The zero-order valence-electron chi connectivity index (χ0n) is 9.04. The SMILES string of the molecule is Nc1ncnc2ncc(-c3ccccc3)cc12. The molecule has 3 rings (SSSR count). The standard InChI is InChI=1S/C13H10N4/c14-12-11-6-10(9-4-2-1-3-5-9)7-15-13(11)17-8-16-12/h1-8H,(H2,14,15,16,17). The van der Waals surface area contributed by atoms with Gasteiger partial charge in [-0.1, -0.05) is 30.3 Å². The van der Waals surface area contributed by atoms with Crippen molar-refractivity contribution in [2.45, 2.75) is 0 Å². The smallest absolute Gasteiger partial charge is 0.164 e. The Morgan fingerprint density at radius 2 is 1.71 bits per heavy atom. The van der Waals surface area contributed by atoms with Crippen LogP contribution in [0.25, 0.3) is 22.2 Å². The van der Waals surface area contributed by atoms with Crippen LogP contribution >= 0.6 is 0 Å². The van der Waals surface area contributed by atoms with E-state index in [0.717, 1.165) is 16.5 Å². The largest absolute Gasteiger partial charge is 0.383 e. The van der Waals surface area contributed by atoms with Crippen molar-refractivity contribution in [3.63, 3.8) is 0 Å². The molecule has 1 aromatic carbocycles. The Kier molecular flexibility index (Phi) is 2.19. The lowest BCUT2D eigenvalue weighted by Crippen LogP contribution is -1.95. The predicted molar refractivity (Wildman–Crippen MR) is 67.2 cm³/mol. The summed E-state index contributed by atoms with van der Waals surface area (Å²) in [6, 6.07) is 12.0. The van der Waals surface area contributed by atoms with Crippen molar-refractivity contribution in [1.29, 1.82) is 0 Å². The molecule has 0 bridgehead atoms. The second-order valence-corrected chi connectivity index (χ2v) is 3.72. The maximum absolute atomic E-state index is 5.81. The molecular formula is C13H10N4. The van der Waals surface area contributed by atoms with Crippen molar-refractivity contribution in [3.8, 4) is 11.1 Å². The van der Waals surface area contributed by atoms with E-state index in [1.807, 2.05) is 36.4 Å². The molecule has 0 aliphatic carbocycles. The summed E-state index contributed by atoms with van der Waals surface area (Å²) in [6.07, 6.45) is 3.22. The molecule has 0 spiro atoms. The quantitative estimate of drug-likeness (QED) is 0.686. The van der Waals surface area contributed by atoms with Crippen LogP contribution in [0.4, 0.5) is 5.82 Å². The molecule has 0 saturated carbocycles. The van der Waals surface area contributed by atoms with Crippen LogP contribution < -0.4 is 5.73 Å². The summed E-state index contributed by atoms with van der Waals surface area (Å²) >= 11 is 0. The van der Waals surface area contributed by atoms with Crippen molar-refractivity contribution in [1.82, 2.24) is 15.0 Å². The van der Waals surface area contributed by atoms with E-state index in [9.17, 15) is 0 Å². The van der Waals surface area contributed by atoms with E-state index in [4.69, 9.17) is 5.73 Å². The molecule has 0 aliphatic rings. The first-order chi connectivity index (χ1) is 8.34. The highest BCUT2D eigenvalue weighted by molar-refractivity contribution is 5.88. The summed E-state index contributed by atoms with van der Waals surface area (Å²) in [6.45, 7) is 0. The van der Waals surface area contributed by atoms with Gasteiger partial charge >= 0.3 is 0 Å². The Morgan fingerprint density at radius 1 is 0.882 bits per heavy atom. The number of hydrogen-bond acceptors (Lipinski definition) is 4. The highest BCUT2D eigenvalue weighted by Crippen LogP contribution is 2.23. The third-order valence-electron chi connectivity index (χ3n) is 2.63. The number of nitrogens with zero attached hydrogens (tertiary/aromatic N) is 3. The number of benzene rings is 1. The average molecular weight is 222 g/mol. The zero-order chi connectivity index (χ0) is 11.7. The second-order valence-electron chi connectivity index (χ2n) is 3.72. The van der Waals surface area contributed by atoms with Gasteiger partial charge in [-0.05, 0) is 11.6 Å². The molecule has 0 fully saturated rings. The lowest BCUT2D eigenvalue weighted by Gasteiger charge is -2.03. The monoisotopic (exact) mass is 222 g/mol. The highest BCUT2D eigenvalue weighted by atomic mass is 14.9. The van der Waals surface area contributed by atoms with Gasteiger partial charge in [-0.15, -0.1) is 0 Å². The Morgan fingerprint density at radius 3 is 2.53 bits per heavy atom. The lowest BCUT2D eigenvalue weighted by molar-refractivity contribution is 1.19. The molecule has 2 N–H and O–H groups in total. The predicted octanol–water partition coefficient (Wildman–Crippen LogP) is 2.27. The van der Waals surface area contributed by atoms with Crippen molar-refractivity contribution in [3.05, 3.63) is 48.9 Å². The van der Waals surface area contributed by atoms with E-state index in [-0.39, 0.29) is 0 Å². The molecular weight excluding hydrogens is 212 g/mol. The topological polar surface area (TPSA) is 64.7 Å². The number of nitrogen functional groups attached to an aromatic ring is 1. The van der Waals surface area contributed by atoms with Crippen molar-refractivity contribution < 1.29 is 0 Å². The third-order valence-corrected chi connectivity index (χ3v) is 2.63. The molecule has 4 heteroatoms. The van der Waals surface area contributed by atoms with E-state index in [1.165, 1.54) is 6.33 Å². The van der Waals surface area contributed by atoms with Gasteiger partial charge in [-0.2, -0.15) is 0 Å². The van der Waals surface area contributed by atoms with Crippen molar-refractivity contribution in [2.75, 3.05) is 5.73 Å². The maximum atomic E-state index is 5.81. The highest BCUT2D eigenvalue weighted by Gasteiger charge is 2.04. The molecule has 17 heavy (non-hydrogen) atoms. The molecule has 0 radical (unpaired) electrons. The minimum atomic E-state index is 0.459. The molecule has 2 heterocycles. The first kappa shape index (κ1) is 9.72. The minimum absolute atomic E-state index is 0.459. The van der Waals surface area contributed by atoms with Crippen LogP contribution in [0.2, 0.25) is 0 Å². The first-order valence-electron chi connectivity index (χ1n) is 5.26. The number of nitrogens with two attached hydrogens (primary N) is 1. The van der Waals surface area contributed by atoms with E-state index in [2.05, 4.69) is 15.0 Å². The van der Waals surface area contributed by atoms with Gasteiger partial charge in [0.05, 0.1) is 5.39 Å². The molecule has 0 saturated heterocycles. The number of aromatic nitrogens is 3.